The minimum Gasteiger partial charge on any atom is -0.490 e. The minimum absolute atomic E-state index is 0.0603. The number of benzene rings is 1. The Labute approximate surface area is 144 Å². The molecule has 3 rings (SSSR count). The van der Waals surface area contributed by atoms with Crippen LogP contribution in [-0.4, -0.2) is 25.4 Å². The third-order valence-corrected chi connectivity index (χ3v) is 5.34. The molecular formula is C16H15ClN2O4S. The van der Waals surface area contributed by atoms with Gasteiger partial charge in [0.25, 0.3) is 15.9 Å². The number of aromatic nitrogens is 1. The first kappa shape index (κ1) is 16.7. The average Bonchev–Trinajstić information content (AvgIpc) is 2.51. The molecule has 1 aliphatic rings. The molecule has 1 aliphatic carbocycles. The van der Waals surface area contributed by atoms with Gasteiger partial charge in [-0.05, 0) is 49.6 Å². The smallest absolute Gasteiger partial charge is 0.266 e. The Morgan fingerprint density at radius 2 is 2.08 bits per heavy atom. The largest absolute Gasteiger partial charge is 0.490 e. The van der Waals surface area contributed by atoms with E-state index < -0.39 is 15.9 Å². The molecule has 1 aromatic heterocycles. The van der Waals surface area contributed by atoms with Crippen LogP contribution in [0.4, 0.5) is 0 Å². The standard InChI is InChI=1S/C16H15ClN2O4S/c17-15-9-12(23-11-3-1-4-11)6-7-14(15)16(20)19-24(21,22)13-5-2-8-18-10-13/h2,5-11H,1,3-4H2,(H,19,20). The van der Waals surface area contributed by atoms with E-state index in [4.69, 9.17) is 16.3 Å². The van der Waals surface area contributed by atoms with Gasteiger partial charge in [-0.1, -0.05) is 11.6 Å². The van der Waals surface area contributed by atoms with E-state index in [9.17, 15) is 13.2 Å². The summed E-state index contributed by atoms with van der Waals surface area (Å²) in [4.78, 5) is 15.8. The van der Waals surface area contributed by atoms with Gasteiger partial charge in [0.2, 0.25) is 0 Å². The minimum atomic E-state index is -4.00. The quantitative estimate of drug-likeness (QED) is 0.879. The summed E-state index contributed by atoms with van der Waals surface area (Å²) in [6.07, 6.45) is 5.94. The first-order valence-corrected chi connectivity index (χ1v) is 9.25. The van der Waals surface area contributed by atoms with Gasteiger partial charge < -0.3 is 4.74 Å². The number of ether oxygens (including phenoxy) is 1. The summed E-state index contributed by atoms with van der Waals surface area (Å²) in [5.74, 6) is -0.240. The Morgan fingerprint density at radius 3 is 2.67 bits per heavy atom. The normalized spacial score (nSPS) is 14.7. The second-order valence-electron chi connectivity index (χ2n) is 5.44. The first-order chi connectivity index (χ1) is 11.5. The van der Waals surface area contributed by atoms with Crippen molar-refractivity contribution in [1.82, 2.24) is 9.71 Å². The molecule has 1 amide bonds. The third-order valence-electron chi connectivity index (χ3n) is 3.71. The van der Waals surface area contributed by atoms with E-state index >= 15 is 0 Å². The molecule has 1 N–H and O–H groups in total. The van der Waals surface area contributed by atoms with E-state index in [1.54, 1.807) is 6.07 Å². The van der Waals surface area contributed by atoms with E-state index in [0.717, 1.165) is 25.5 Å². The van der Waals surface area contributed by atoms with Crippen LogP contribution >= 0.6 is 11.6 Å². The average molecular weight is 367 g/mol. The second-order valence-corrected chi connectivity index (χ2v) is 7.53. The van der Waals surface area contributed by atoms with Crippen LogP contribution in [0, 0.1) is 0 Å². The van der Waals surface area contributed by atoms with Gasteiger partial charge >= 0.3 is 0 Å². The fourth-order valence-corrected chi connectivity index (χ4v) is 3.36. The first-order valence-electron chi connectivity index (χ1n) is 7.39. The highest BCUT2D eigenvalue weighted by Gasteiger charge is 2.22. The zero-order valence-electron chi connectivity index (χ0n) is 12.6. The summed E-state index contributed by atoms with van der Waals surface area (Å²) < 4.78 is 32.0. The van der Waals surface area contributed by atoms with Crippen molar-refractivity contribution < 1.29 is 17.9 Å². The predicted octanol–water partition coefficient (Wildman–Crippen LogP) is 2.79. The molecule has 0 unspecified atom stereocenters. The molecule has 0 bridgehead atoms. The number of pyridine rings is 1. The Morgan fingerprint density at radius 1 is 1.29 bits per heavy atom. The molecule has 1 fully saturated rings. The van der Waals surface area contributed by atoms with E-state index in [0.29, 0.717) is 5.75 Å². The lowest BCUT2D eigenvalue weighted by Crippen LogP contribution is -2.31. The van der Waals surface area contributed by atoms with Crippen molar-refractivity contribution in [3.8, 4) is 5.75 Å². The number of carbonyl (C=O) groups is 1. The molecule has 0 radical (unpaired) electrons. The molecule has 2 aromatic rings. The zero-order chi connectivity index (χ0) is 17.2. The van der Waals surface area contributed by atoms with Crippen LogP contribution in [-0.2, 0) is 10.0 Å². The monoisotopic (exact) mass is 366 g/mol. The molecule has 0 aliphatic heterocycles. The Hall–Kier alpha value is -2.12. The molecule has 126 valence electrons. The van der Waals surface area contributed by atoms with E-state index in [1.807, 2.05) is 4.72 Å². The number of carbonyl (C=O) groups excluding carboxylic acids is 1. The molecule has 1 aromatic carbocycles. The maximum absolute atomic E-state index is 12.2. The Balaban J connectivity index is 1.75. The fourth-order valence-electron chi connectivity index (χ4n) is 2.18. The SMILES string of the molecule is O=C(NS(=O)(=O)c1cccnc1)c1ccc(OC2CCC2)cc1Cl. The van der Waals surface area contributed by atoms with Crippen LogP contribution in [0.5, 0.6) is 5.75 Å². The number of rotatable bonds is 5. The van der Waals surface area contributed by atoms with Crippen molar-refractivity contribution in [2.45, 2.75) is 30.3 Å². The molecule has 1 heterocycles. The lowest BCUT2D eigenvalue weighted by atomic mass is 9.96. The third kappa shape index (κ3) is 3.68. The number of halogens is 1. The van der Waals surface area contributed by atoms with Gasteiger partial charge in [0.15, 0.2) is 0 Å². The number of nitrogens with one attached hydrogen (secondary N) is 1. The number of hydrogen-bond acceptors (Lipinski definition) is 5. The van der Waals surface area contributed by atoms with Crippen LogP contribution in [0.3, 0.4) is 0 Å². The van der Waals surface area contributed by atoms with Crippen LogP contribution < -0.4 is 9.46 Å². The molecule has 6 nitrogen and oxygen atoms in total. The maximum atomic E-state index is 12.2. The van der Waals surface area contributed by atoms with E-state index in [2.05, 4.69) is 4.98 Å². The van der Waals surface area contributed by atoms with Gasteiger partial charge in [0, 0.05) is 12.4 Å². The predicted molar refractivity (Wildman–Crippen MR) is 88.6 cm³/mol. The highest BCUT2D eigenvalue weighted by Crippen LogP contribution is 2.28. The van der Waals surface area contributed by atoms with Gasteiger partial charge in [-0.3, -0.25) is 9.78 Å². The van der Waals surface area contributed by atoms with Gasteiger partial charge in [0.05, 0.1) is 16.7 Å². The van der Waals surface area contributed by atoms with Gasteiger partial charge in [0.1, 0.15) is 10.6 Å². The molecule has 0 saturated heterocycles. The summed E-state index contributed by atoms with van der Waals surface area (Å²) >= 11 is 6.10. The van der Waals surface area contributed by atoms with Crippen LogP contribution in [0.1, 0.15) is 29.6 Å². The Bertz CT molecular complexity index is 852. The molecule has 1 saturated carbocycles. The number of nitrogens with zero attached hydrogens (tertiary/aromatic N) is 1. The molecule has 0 spiro atoms. The van der Waals surface area contributed by atoms with Gasteiger partial charge in [-0.15, -0.1) is 0 Å². The molecule has 8 heteroatoms. The number of amides is 1. The molecule has 24 heavy (non-hydrogen) atoms. The van der Waals surface area contributed by atoms with E-state index in [-0.39, 0.29) is 21.6 Å². The summed E-state index contributed by atoms with van der Waals surface area (Å²) in [6, 6.07) is 7.39. The second kappa shape index (κ2) is 6.78. The van der Waals surface area contributed by atoms with Crippen molar-refractivity contribution in [2.24, 2.45) is 0 Å². The summed E-state index contributed by atoms with van der Waals surface area (Å²) in [7, 11) is -4.00. The van der Waals surface area contributed by atoms with Crippen LogP contribution in [0.25, 0.3) is 0 Å². The topological polar surface area (TPSA) is 85.4 Å². The summed E-state index contributed by atoms with van der Waals surface area (Å²) in [5.41, 5.74) is 0.0603. The van der Waals surface area contributed by atoms with E-state index in [1.165, 1.54) is 30.5 Å². The lowest BCUT2D eigenvalue weighted by Gasteiger charge is -2.26. The molecule has 0 atom stereocenters. The van der Waals surface area contributed by atoms with Gasteiger partial charge in [-0.25, -0.2) is 13.1 Å². The zero-order valence-corrected chi connectivity index (χ0v) is 14.2. The lowest BCUT2D eigenvalue weighted by molar-refractivity contribution is 0.0981. The summed E-state index contributed by atoms with van der Waals surface area (Å²) in [5, 5.41) is 0.130. The van der Waals surface area contributed by atoms with Crippen molar-refractivity contribution in [3.63, 3.8) is 0 Å². The van der Waals surface area contributed by atoms with Gasteiger partial charge in [-0.2, -0.15) is 0 Å². The number of hydrogen-bond donors (Lipinski definition) is 1. The number of sulfonamides is 1. The molecular weight excluding hydrogens is 352 g/mol. The van der Waals surface area contributed by atoms with Crippen molar-refractivity contribution in [3.05, 3.63) is 53.3 Å². The highest BCUT2D eigenvalue weighted by atomic mass is 35.5. The van der Waals surface area contributed by atoms with Crippen molar-refractivity contribution in [2.75, 3.05) is 0 Å². The maximum Gasteiger partial charge on any atom is 0.266 e. The van der Waals surface area contributed by atoms with Crippen LogP contribution in [0.15, 0.2) is 47.6 Å². The highest BCUT2D eigenvalue weighted by molar-refractivity contribution is 7.90. The van der Waals surface area contributed by atoms with Crippen LogP contribution in [0.2, 0.25) is 5.02 Å². The Kier molecular flexibility index (Phi) is 4.73. The summed E-state index contributed by atoms with van der Waals surface area (Å²) in [6.45, 7) is 0. The van der Waals surface area contributed by atoms with Crippen molar-refractivity contribution in [1.29, 1.82) is 0 Å². The van der Waals surface area contributed by atoms with Crippen molar-refractivity contribution >= 4 is 27.5 Å². The fraction of sp³-hybridized carbons (Fsp3) is 0.250.